The number of carbonyl (C=O) groups excluding carboxylic acids is 1. The second-order valence-electron chi connectivity index (χ2n) is 1.44. The van der Waals surface area contributed by atoms with Gasteiger partial charge in [0.05, 0.1) is 0 Å². The fourth-order valence-electron chi connectivity index (χ4n) is 0.432. The van der Waals surface area contributed by atoms with Crippen molar-refractivity contribution in [3.05, 3.63) is 5.21 Å². The van der Waals surface area contributed by atoms with Crippen LogP contribution in [0.4, 0.5) is 0 Å². The van der Waals surface area contributed by atoms with Gasteiger partial charge in [0, 0.05) is 7.05 Å². The van der Waals surface area contributed by atoms with Gasteiger partial charge in [-0.2, -0.15) is 0 Å². The SMILES string of the molecule is CN1OC(=O)CN1[O-]. The van der Waals surface area contributed by atoms with Crippen LogP contribution in [-0.4, -0.2) is 29.9 Å². The van der Waals surface area contributed by atoms with Gasteiger partial charge in [0.2, 0.25) is 0 Å². The zero-order valence-corrected chi connectivity index (χ0v) is 4.33. The molecule has 0 unspecified atom stereocenters. The molecule has 0 bridgehead atoms. The normalized spacial score (nSPS) is 24.0. The van der Waals surface area contributed by atoms with E-state index >= 15 is 0 Å². The molecule has 0 amide bonds. The lowest BCUT2D eigenvalue weighted by Gasteiger charge is -2.23. The van der Waals surface area contributed by atoms with E-state index in [-0.39, 0.29) is 6.54 Å². The van der Waals surface area contributed by atoms with E-state index in [0.717, 1.165) is 5.17 Å². The first kappa shape index (κ1) is 5.49. The largest absolute Gasteiger partial charge is 0.769 e. The van der Waals surface area contributed by atoms with Crippen molar-refractivity contribution in [2.24, 2.45) is 0 Å². The highest BCUT2D eigenvalue weighted by Crippen LogP contribution is 2.02. The highest BCUT2D eigenvalue weighted by Gasteiger charge is 2.18. The molecular formula is C3H5N2O3-. The summed E-state index contributed by atoms with van der Waals surface area (Å²) in [6, 6.07) is 0. The van der Waals surface area contributed by atoms with Crippen LogP contribution in [0.25, 0.3) is 0 Å². The molecule has 0 N–H and O–H groups in total. The fourth-order valence-corrected chi connectivity index (χ4v) is 0.432. The van der Waals surface area contributed by atoms with Gasteiger partial charge in [0.1, 0.15) is 6.54 Å². The van der Waals surface area contributed by atoms with Crippen molar-refractivity contribution in [1.29, 1.82) is 0 Å². The molecule has 0 spiro atoms. The Kier molecular flexibility index (Phi) is 1.16. The summed E-state index contributed by atoms with van der Waals surface area (Å²) in [4.78, 5) is 14.4. The highest BCUT2D eigenvalue weighted by molar-refractivity contribution is 5.72. The standard InChI is InChI=1S/C3H5N2O3/c1-4-5(7)2-3(6)8-4/h2H2,1H3/q-1. The fraction of sp³-hybridized carbons (Fsp3) is 0.667. The predicted octanol–water partition coefficient (Wildman–Crippen LogP) is -0.895. The number of hydrogen-bond donors (Lipinski definition) is 0. The third kappa shape index (κ3) is 0.786. The molecule has 0 atom stereocenters. The van der Waals surface area contributed by atoms with Crippen LogP contribution in [0.3, 0.4) is 0 Å². The molecule has 5 heteroatoms. The molecule has 1 aliphatic heterocycles. The first-order valence-corrected chi connectivity index (χ1v) is 2.09. The van der Waals surface area contributed by atoms with Crippen LogP contribution in [0, 0.1) is 5.21 Å². The maximum Gasteiger partial charge on any atom is 0.341 e. The number of carbonyl (C=O) groups is 1. The van der Waals surface area contributed by atoms with Crippen molar-refractivity contribution in [2.45, 2.75) is 0 Å². The van der Waals surface area contributed by atoms with Crippen LogP contribution in [0.15, 0.2) is 0 Å². The summed E-state index contributed by atoms with van der Waals surface area (Å²) < 4.78 is 0. The van der Waals surface area contributed by atoms with Gasteiger partial charge >= 0.3 is 5.97 Å². The van der Waals surface area contributed by atoms with Crippen LogP contribution in [0.1, 0.15) is 0 Å². The lowest BCUT2D eigenvalue weighted by molar-refractivity contribution is -0.194. The zero-order chi connectivity index (χ0) is 6.15. The Labute approximate surface area is 45.9 Å². The molecule has 0 aliphatic carbocycles. The second-order valence-corrected chi connectivity index (χ2v) is 1.44. The number of rotatable bonds is 0. The Bertz CT molecular complexity index is 103. The van der Waals surface area contributed by atoms with E-state index in [1.165, 1.54) is 7.05 Å². The molecule has 1 rings (SSSR count). The summed E-state index contributed by atoms with van der Waals surface area (Å²) in [7, 11) is 1.37. The van der Waals surface area contributed by atoms with Crippen LogP contribution in [-0.2, 0) is 9.63 Å². The summed E-state index contributed by atoms with van der Waals surface area (Å²) in [6.45, 7) is -0.198. The van der Waals surface area contributed by atoms with E-state index in [1.54, 1.807) is 0 Å². The lowest BCUT2D eigenvalue weighted by atomic mass is 10.7. The van der Waals surface area contributed by atoms with E-state index in [9.17, 15) is 10.0 Å². The van der Waals surface area contributed by atoms with Gasteiger partial charge in [-0.1, -0.05) is 5.17 Å². The van der Waals surface area contributed by atoms with Crippen molar-refractivity contribution in [3.8, 4) is 0 Å². The minimum Gasteiger partial charge on any atom is -0.769 e. The minimum atomic E-state index is -0.512. The van der Waals surface area contributed by atoms with Crippen molar-refractivity contribution in [3.63, 3.8) is 0 Å². The van der Waals surface area contributed by atoms with E-state index in [2.05, 4.69) is 4.84 Å². The third-order valence-electron chi connectivity index (χ3n) is 0.812. The number of nitrogens with zero attached hydrogens (tertiary/aromatic N) is 2. The Balaban J connectivity index is 2.51. The molecule has 0 aromatic heterocycles. The molecule has 1 saturated heterocycles. The monoisotopic (exact) mass is 117 g/mol. The maximum absolute atomic E-state index is 10.3. The second kappa shape index (κ2) is 1.70. The average molecular weight is 117 g/mol. The first-order chi connectivity index (χ1) is 3.70. The summed E-state index contributed by atoms with van der Waals surface area (Å²) in [5.74, 6) is -0.512. The van der Waals surface area contributed by atoms with Crippen LogP contribution in [0.2, 0.25) is 0 Å². The molecule has 46 valence electrons. The average Bonchev–Trinajstić information content (AvgIpc) is 1.85. The van der Waals surface area contributed by atoms with E-state index in [4.69, 9.17) is 0 Å². The van der Waals surface area contributed by atoms with Gasteiger partial charge in [0.15, 0.2) is 0 Å². The summed E-state index contributed by atoms with van der Waals surface area (Å²) >= 11 is 0. The van der Waals surface area contributed by atoms with Crippen molar-refractivity contribution >= 4 is 5.97 Å². The van der Waals surface area contributed by atoms with Gasteiger partial charge in [-0.15, -0.1) is 0 Å². The Morgan fingerprint density at radius 3 is 2.62 bits per heavy atom. The van der Waals surface area contributed by atoms with Crippen LogP contribution < -0.4 is 0 Å². The zero-order valence-electron chi connectivity index (χ0n) is 4.33. The van der Waals surface area contributed by atoms with E-state index < -0.39 is 5.97 Å². The number of hydroxylamine groups is 2. The Morgan fingerprint density at radius 2 is 2.50 bits per heavy atom. The van der Waals surface area contributed by atoms with Crippen molar-refractivity contribution in [1.82, 2.24) is 10.3 Å². The van der Waals surface area contributed by atoms with Gasteiger partial charge in [-0.05, 0) is 0 Å². The van der Waals surface area contributed by atoms with Crippen molar-refractivity contribution < 1.29 is 9.63 Å². The minimum absolute atomic E-state index is 0.198. The summed E-state index contributed by atoms with van der Waals surface area (Å²) in [5.41, 5.74) is 0. The Hall–Kier alpha value is -0.650. The van der Waals surface area contributed by atoms with Gasteiger partial charge in [0.25, 0.3) is 0 Å². The molecule has 0 aromatic rings. The topological polar surface area (TPSA) is 55.8 Å². The smallest absolute Gasteiger partial charge is 0.341 e. The molecule has 0 saturated carbocycles. The third-order valence-corrected chi connectivity index (χ3v) is 0.812. The van der Waals surface area contributed by atoms with E-state index in [0.29, 0.717) is 5.17 Å². The predicted molar refractivity (Wildman–Crippen MR) is 23.9 cm³/mol. The molecule has 1 aliphatic rings. The number of hydrazine groups is 1. The summed E-state index contributed by atoms with van der Waals surface area (Å²) in [6.07, 6.45) is 0. The number of hydrogen-bond acceptors (Lipinski definition) is 5. The maximum atomic E-state index is 10.3. The molecule has 5 nitrogen and oxygen atoms in total. The first-order valence-electron chi connectivity index (χ1n) is 2.09. The van der Waals surface area contributed by atoms with E-state index in [1.807, 2.05) is 0 Å². The summed E-state index contributed by atoms with van der Waals surface area (Å²) in [5, 5.41) is 11.6. The Morgan fingerprint density at radius 1 is 1.88 bits per heavy atom. The molecule has 0 aromatic carbocycles. The van der Waals surface area contributed by atoms with Gasteiger partial charge in [-0.3, -0.25) is 5.17 Å². The van der Waals surface area contributed by atoms with Crippen molar-refractivity contribution in [2.75, 3.05) is 13.6 Å². The quantitative estimate of drug-likeness (QED) is 0.411. The van der Waals surface area contributed by atoms with Gasteiger partial charge in [-0.25, -0.2) is 4.79 Å². The lowest BCUT2D eigenvalue weighted by Crippen LogP contribution is -2.25. The molecule has 0 radical (unpaired) electrons. The highest BCUT2D eigenvalue weighted by atomic mass is 16.8. The molecule has 1 fully saturated rings. The molecular weight excluding hydrogens is 112 g/mol. The molecule has 1 heterocycles. The van der Waals surface area contributed by atoms with Crippen LogP contribution in [0.5, 0.6) is 0 Å². The van der Waals surface area contributed by atoms with Gasteiger partial charge < -0.3 is 10.0 Å². The van der Waals surface area contributed by atoms with Crippen LogP contribution >= 0.6 is 0 Å². The molecule has 8 heavy (non-hydrogen) atoms.